The predicted octanol–water partition coefficient (Wildman–Crippen LogP) is 1.40. The van der Waals surface area contributed by atoms with Gasteiger partial charge in [-0.3, -0.25) is 14.4 Å². The van der Waals surface area contributed by atoms with Crippen LogP contribution in [-0.4, -0.2) is 30.7 Å². The summed E-state index contributed by atoms with van der Waals surface area (Å²) in [6.07, 6.45) is -0.907. The Bertz CT molecular complexity index is 466. The van der Waals surface area contributed by atoms with E-state index >= 15 is 0 Å². The second-order valence-corrected chi connectivity index (χ2v) is 4.04. The molecule has 0 saturated carbocycles. The fourth-order valence-electron chi connectivity index (χ4n) is 1.60. The highest BCUT2D eigenvalue weighted by Gasteiger charge is 2.36. The zero-order valence-corrected chi connectivity index (χ0v) is 11.1. The SMILES string of the molecule is COC(=O)C(C(C)=O)C(=O)C(C)Oc1ccccc1. The van der Waals surface area contributed by atoms with Gasteiger partial charge >= 0.3 is 5.97 Å². The maximum Gasteiger partial charge on any atom is 0.323 e. The first-order valence-electron chi connectivity index (χ1n) is 5.81. The molecule has 0 N–H and O–H groups in total. The van der Waals surface area contributed by atoms with Crippen molar-refractivity contribution in [2.45, 2.75) is 20.0 Å². The Kier molecular flexibility index (Phi) is 5.23. The van der Waals surface area contributed by atoms with Crippen LogP contribution in [0.5, 0.6) is 5.75 Å². The molecule has 0 bridgehead atoms. The lowest BCUT2D eigenvalue weighted by Crippen LogP contribution is -2.39. The highest BCUT2D eigenvalue weighted by molar-refractivity contribution is 6.17. The van der Waals surface area contributed by atoms with Crippen LogP contribution in [0.15, 0.2) is 30.3 Å². The van der Waals surface area contributed by atoms with Gasteiger partial charge in [-0.1, -0.05) is 18.2 Å². The third-order valence-electron chi connectivity index (χ3n) is 2.58. The van der Waals surface area contributed by atoms with Gasteiger partial charge in [0.05, 0.1) is 7.11 Å². The lowest BCUT2D eigenvalue weighted by Gasteiger charge is -2.17. The van der Waals surface area contributed by atoms with Gasteiger partial charge in [0.15, 0.2) is 23.6 Å². The smallest absolute Gasteiger partial charge is 0.323 e. The molecule has 0 aliphatic heterocycles. The Morgan fingerprint density at radius 1 is 1.11 bits per heavy atom. The van der Waals surface area contributed by atoms with Gasteiger partial charge in [0.1, 0.15) is 5.75 Å². The van der Waals surface area contributed by atoms with E-state index in [9.17, 15) is 14.4 Å². The number of carbonyl (C=O) groups excluding carboxylic acids is 3. The summed E-state index contributed by atoms with van der Waals surface area (Å²) in [4.78, 5) is 34.8. The van der Waals surface area contributed by atoms with Crippen LogP contribution < -0.4 is 4.74 Å². The molecule has 5 heteroatoms. The van der Waals surface area contributed by atoms with Crippen LogP contribution in [0, 0.1) is 5.92 Å². The Morgan fingerprint density at radius 3 is 2.16 bits per heavy atom. The average molecular weight is 264 g/mol. The Morgan fingerprint density at radius 2 is 1.68 bits per heavy atom. The maximum absolute atomic E-state index is 12.0. The van der Waals surface area contributed by atoms with Crippen molar-refractivity contribution in [3.63, 3.8) is 0 Å². The van der Waals surface area contributed by atoms with E-state index in [0.29, 0.717) is 5.75 Å². The van der Waals surface area contributed by atoms with Gasteiger partial charge < -0.3 is 9.47 Å². The summed E-state index contributed by atoms with van der Waals surface area (Å²) in [7, 11) is 1.13. The molecule has 19 heavy (non-hydrogen) atoms. The van der Waals surface area contributed by atoms with Crippen molar-refractivity contribution in [3.8, 4) is 5.75 Å². The molecule has 102 valence electrons. The van der Waals surface area contributed by atoms with E-state index in [1.54, 1.807) is 24.3 Å². The van der Waals surface area contributed by atoms with Crippen LogP contribution in [0.3, 0.4) is 0 Å². The van der Waals surface area contributed by atoms with Crippen LogP contribution in [-0.2, 0) is 19.1 Å². The number of para-hydroxylation sites is 1. The fourth-order valence-corrected chi connectivity index (χ4v) is 1.60. The zero-order valence-electron chi connectivity index (χ0n) is 11.1. The molecule has 2 unspecified atom stereocenters. The summed E-state index contributed by atoms with van der Waals surface area (Å²) in [5.41, 5.74) is 0. The Labute approximate surface area is 111 Å². The Balaban J connectivity index is 2.80. The van der Waals surface area contributed by atoms with Gasteiger partial charge in [-0.2, -0.15) is 0 Å². The van der Waals surface area contributed by atoms with Crippen molar-refractivity contribution in [2.75, 3.05) is 7.11 Å². The monoisotopic (exact) mass is 264 g/mol. The van der Waals surface area contributed by atoms with E-state index in [1.807, 2.05) is 6.07 Å². The Hall–Kier alpha value is -2.17. The summed E-state index contributed by atoms with van der Waals surface area (Å²) >= 11 is 0. The topological polar surface area (TPSA) is 69.7 Å². The number of ether oxygens (including phenoxy) is 2. The zero-order chi connectivity index (χ0) is 14.4. The lowest BCUT2D eigenvalue weighted by molar-refractivity contribution is -0.154. The molecule has 5 nitrogen and oxygen atoms in total. The highest BCUT2D eigenvalue weighted by Crippen LogP contribution is 2.14. The van der Waals surface area contributed by atoms with Crippen LogP contribution in [0.4, 0.5) is 0 Å². The first-order valence-corrected chi connectivity index (χ1v) is 5.81. The number of hydrogen-bond donors (Lipinski definition) is 0. The van der Waals surface area contributed by atoms with Crippen molar-refractivity contribution in [3.05, 3.63) is 30.3 Å². The van der Waals surface area contributed by atoms with E-state index in [2.05, 4.69) is 4.74 Å². The molecule has 0 heterocycles. The summed E-state index contributed by atoms with van der Waals surface area (Å²) in [6.45, 7) is 2.67. The van der Waals surface area contributed by atoms with Gasteiger partial charge in [0.25, 0.3) is 0 Å². The second-order valence-electron chi connectivity index (χ2n) is 4.04. The standard InChI is InChI=1S/C14H16O5/c1-9(15)12(14(17)18-3)13(16)10(2)19-11-7-5-4-6-8-11/h4-8,10,12H,1-3H3. The number of benzene rings is 1. The number of carbonyl (C=O) groups is 3. The summed E-state index contributed by atoms with van der Waals surface area (Å²) in [5, 5.41) is 0. The van der Waals surface area contributed by atoms with Crippen LogP contribution in [0.25, 0.3) is 0 Å². The van der Waals surface area contributed by atoms with Crippen LogP contribution >= 0.6 is 0 Å². The first kappa shape index (κ1) is 14.9. The molecule has 0 spiro atoms. The molecule has 0 saturated heterocycles. The molecule has 0 aliphatic rings. The molecule has 1 rings (SSSR count). The van der Waals surface area contributed by atoms with E-state index in [-0.39, 0.29) is 0 Å². The van der Waals surface area contributed by atoms with Crippen LogP contribution in [0.2, 0.25) is 0 Å². The van der Waals surface area contributed by atoms with Gasteiger partial charge in [0, 0.05) is 0 Å². The number of hydrogen-bond acceptors (Lipinski definition) is 5. The first-order chi connectivity index (χ1) is 8.97. The molecular weight excluding hydrogens is 248 g/mol. The van der Waals surface area contributed by atoms with Gasteiger partial charge in [-0.25, -0.2) is 0 Å². The quantitative estimate of drug-likeness (QED) is 0.574. The molecule has 0 amide bonds. The largest absolute Gasteiger partial charge is 0.483 e. The molecule has 0 aromatic heterocycles. The highest BCUT2D eigenvalue weighted by atomic mass is 16.5. The molecule has 0 fully saturated rings. The summed E-state index contributed by atoms with van der Waals surface area (Å²) < 4.78 is 9.85. The van der Waals surface area contributed by atoms with Crippen molar-refractivity contribution >= 4 is 17.5 Å². The number of methoxy groups -OCH3 is 1. The van der Waals surface area contributed by atoms with Gasteiger partial charge in [0.2, 0.25) is 0 Å². The predicted molar refractivity (Wildman–Crippen MR) is 67.7 cm³/mol. The van der Waals surface area contributed by atoms with Crippen molar-refractivity contribution in [1.82, 2.24) is 0 Å². The minimum absolute atomic E-state index is 0.496. The summed E-state index contributed by atoms with van der Waals surface area (Å²) in [6, 6.07) is 8.70. The number of esters is 1. The molecule has 0 radical (unpaired) electrons. The third-order valence-corrected chi connectivity index (χ3v) is 2.58. The van der Waals surface area contributed by atoms with Crippen molar-refractivity contribution in [1.29, 1.82) is 0 Å². The minimum Gasteiger partial charge on any atom is -0.483 e. The maximum atomic E-state index is 12.0. The average Bonchev–Trinajstić information content (AvgIpc) is 2.39. The van der Waals surface area contributed by atoms with Crippen molar-refractivity contribution in [2.24, 2.45) is 5.92 Å². The van der Waals surface area contributed by atoms with E-state index < -0.39 is 29.6 Å². The summed E-state index contributed by atoms with van der Waals surface area (Å²) in [5.74, 6) is -2.95. The van der Waals surface area contributed by atoms with E-state index in [4.69, 9.17) is 4.74 Å². The number of Topliss-reactive ketones (excluding diaryl/α,β-unsaturated/α-hetero) is 2. The second kappa shape index (κ2) is 6.68. The number of rotatable bonds is 6. The van der Waals surface area contributed by atoms with Crippen molar-refractivity contribution < 1.29 is 23.9 Å². The van der Waals surface area contributed by atoms with Gasteiger partial charge in [-0.15, -0.1) is 0 Å². The molecule has 1 aromatic carbocycles. The fraction of sp³-hybridized carbons (Fsp3) is 0.357. The normalized spacial score (nSPS) is 13.2. The number of ketones is 2. The third kappa shape index (κ3) is 3.91. The molecule has 1 aromatic rings. The van der Waals surface area contributed by atoms with E-state index in [1.165, 1.54) is 13.8 Å². The van der Waals surface area contributed by atoms with Crippen LogP contribution in [0.1, 0.15) is 13.8 Å². The molecule has 2 atom stereocenters. The minimum atomic E-state index is -1.43. The van der Waals surface area contributed by atoms with Gasteiger partial charge in [-0.05, 0) is 26.0 Å². The molecular formula is C14H16O5. The van der Waals surface area contributed by atoms with E-state index in [0.717, 1.165) is 7.11 Å². The molecule has 0 aliphatic carbocycles. The lowest BCUT2D eigenvalue weighted by atomic mass is 9.96.